The lowest BCUT2D eigenvalue weighted by atomic mass is 9.93. The second-order valence-electron chi connectivity index (χ2n) is 4.93. The lowest BCUT2D eigenvalue weighted by molar-refractivity contribution is 0.0844. The van der Waals surface area contributed by atoms with E-state index < -0.39 is 6.10 Å². The van der Waals surface area contributed by atoms with Crippen LogP contribution in [0.2, 0.25) is 0 Å². The maximum absolute atomic E-state index is 12.2. The summed E-state index contributed by atoms with van der Waals surface area (Å²) in [6, 6.07) is 10.2. The second-order valence-corrected chi connectivity index (χ2v) is 4.93. The fourth-order valence-electron chi connectivity index (χ4n) is 2.55. The molecule has 0 saturated heterocycles. The molecule has 0 fully saturated rings. The maximum Gasteiger partial charge on any atom is 0.174 e. The van der Waals surface area contributed by atoms with Gasteiger partial charge in [-0.05, 0) is 18.1 Å². The van der Waals surface area contributed by atoms with Gasteiger partial charge in [0, 0.05) is 12.1 Å². The SMILES string of the molecule is Cc1ccccc1C1CC(=O)c2c(O)cc(O)cc2O1. The molecular weight excluding hydrogens is 256 g/mol. The largest absolute Gasteiger partial charge is 0.508 e. The van der Waals surface area contributed by atoms with Crippen LogP contribution in [0.25, 0.3) is 0 Å². The van der Waals surface area contributed by atoms with E-state index in [9.17, 15) is 15.0 Å². The lowest BCUT2D eigenvalue weighted by Crippen LogP contribution is -2.21. The number of phenols is 2. The van der Waals surface area contributed by atoms with Crippen molar-refractivity contribution in [3.05, 3.63) is 53.1 Å². The molecule has 2 aromatic rings. The quantitative estimate of drug-likeness (QED) is 0.835. The molecule has 20 heavy (non-hydrogen) atoms. The highest BCUT2D eigenvalue weighted by Crippen LogP contribution is 2.41. The Kier molecular flexibility index (Phi) is 2.86. The van der Waals surface area contributed by atoms with Crippen LogP contribution in [-0.4, -0.2) is 16.0 Å². The number of ketones is 1. The number of aromatic hydroxyl groups is 2. The van der Waals surface area contributed by atoms with Crippen LogP contribution in [0.1, 0.15) is 34.0 Å². The predicted octanol–water partition coefficient (Wildman–Crippen LogP) is 3.11. The first-order chi connectivity index (χ1) is 9.56. The van der Waals surface area contributed by atoms with Crippen LogP contribution in [0.15, 0.2) is 36.4 Å². The molecular formula is C16H14O4. The molecule has 0 aromatic heterocycles. The number of phenolic OH excluding ortho intramolecular Hbond substituents is 2. The first kappa shape index (κ1) is 12.5. The van der Waals surface area contributed by atoms with Crippen LogP contribution >= 0.6 is 0 Å². The third-order valence-electron chi connectivity index (χ3n) is 3.52. The zero-order valence-corrected chi connectivity index (χ0v) is 11.0. The third kappa shape index (κ3) is 1.99. The van der Waals surface area contributed by atoms with Gasteiger partial charge < -0.3 is 14.9 Å². The molecule has 1 heterocycles. The van der Waals surface area contributed by atoms with Gasteiger partial charge in [0.05, 0.1) is 6.42 Å². The second kappa shape index (κ2) is 4.56. The molecule has 2 aromatic carbocycles. The summed E-state index contributed by atoms with van der Waals surface area (Å²) in [4.78, 5) is 12.2. The molecule has 0 amide bonds. The number of benzene rings is 2. The van der Waals surface area contributed by atoms with E-state index in [0.29, 0.717) is 0 Å². The molecule has 1 aliphatic rings. The Hall–Kier alpha value is -2.49. The highest BCUT2D eigenvalue weighted by Gasteiger charge is 2.31. The summed E-state index contributed by atoms with van der Waals surface area (Å²) in [6.07, 6.45) is -0.215. The topological polar surface area (TPSA) is 66.8 Å². The molecule has 0 saturated carbocycles. The van der Waals surface area contributed by atoms with Crippen molar-refractivity contribution in [2.45, 2.75) is 19.4 Å². The minimum Gasteiger partial charge on any atom is -0.508 e. The summed E-state index contributed by atoms with van der Waals surface area (Å²) in [7, 11) is 0. The molecule has 4 heteroatoms. The van der Waals surface area contributed by atoms with Crippen LogP contribution in [0.3, 0.4) is 0 Å². The van der Waals surface area contributed by atoms with E-state index >= 15 is 0 Å². The molecule has 0 bridgehead atoms. The summed E-state index contributed by atoms with van der Waals surface area (Å²) >= 11 is 0. The van der Waals surface area contributed by atoms with Gasteiger partial charge in [0.25, 0.3) is 0 Å². The zero-order chi connectivity index (χ0) is 14.3. The Morgan fingerprint density at radius 3 is 2.70 bits per heavy atom. The summed E-state index contributed by atoms with van der Waals surface area (Å²) in [6.45, 7) is 1.96. The summed E-state index contributed by atoms with van der Waals surface area (Å²) in [5, 5.41) is 19.3. The molecule has 0 aliphatic carbocycles. The number of carbonyl (C=O) groups is 1. The fourth-order valence-corrected chi connectivity index (χ4v) is 2.55. The monoisotopic (exact) mass is 270 g/mol. The molecule has 102 valence electrons. The average Bonchev–Trinajstić information content (AvgIpc) is 2.37. The van der Waals surface area contributed by atoms with Gasteiger partial charge in [0.2, 0.25) is 0 Å². The van der Waals surface area contributed by atoms with Gasteiger partial charge in [-0.2, -0.15) is 0 Å². The van der Waals surface area contributed by atoms with Crippen LogP contribution in [0, 0.1) is 6.92 Å². The Bertz CT molecular complexity index is 691. The van der Waals surface area contributed by atoms with Gasteiger partial charge in [-0.3, -0.25) is 4.79 Å². The van der Waals surface area contributed by atoms with E-state index in [1.54, 1.807) is 0 Å². The van der Waals surface area contributed by atoms with Crippen molar-refractivity contribution in [2.24, 2.45) is 0 Å². The van der Waals surface area contributed by atoms with E-state index in [2.05, 4.69) is 0 Å². The average molecular weight is 270 g/mol. The lowest BCUT2D eigenvalue weighted by Gasteiger charge is -2.27. The number of hydrogen-bond acceptors (Lipinski definition) is 4. The third-order valence-corrected chi connectivity index (χ3v) is 3.52. The van der Waals surface area contributed by atoms with Crippen molar-refractivity contribution < 1.29 is 19.7 Å². The molecule has 3 rings (SSSR count). The minimum atomic E-state index is -0.391. The zero-order valence-electron chi connectivity index (χ0n) is 11.0. The molecule has 4 nitrogen and oxygen atoms in total. The smallest absolute Gasteiger partial charge is 0.174 e. The van der Waals surface area contributed by atoms with Crippen LogP contribution < -0.4 is 4.74 Å². The Balaban J connectivity index is 2.05. The van der Waals surface area contributed by atoms with Gasteiger partial charge >= 0.3 is 0 Å². The number of fused-ring (bicyclic) bond motifs is 1. The number of aryl methyl sites for hydroxylation is 1. The first-order valence-corrected chi connectivity index (χ1v) is 6.37. The maximum atomic E-state index is 12.2. The van der Waals surface area contributed by atoms with Crippen LogP contribution in [0.4, 0.5) is 0 Å². The number of rotatable bonds is 1. The van der Waals surface area contributed by atoms with Crippen molar-refractivity contribution >= 4 is 5.78 Å². The fraction of sp³-hybridized carbons (Fsp3) is 0.188. The van der Waals surface area contributed by atoms with Gasteiger partial charge in [-0.15, -0.1) is 0 Å². The molecule has 0 spiro atoms. The first-order valence-electron chi connectivity index (χ1n) is 6.37. The molecule has 1 unspecified atom stereocenters. The number of ether oxygens (including phenoxy) is 1. The predicted molar refractivity (Wildman–Crippen MR) is 73.3 cm³/mol. The van der Waals surface area contributed by atoms with Crippen molar-refractivity contribution in [3.63, 3.8) is 0 Å². The van der Waals surface area contributed by atoms with E-state index in [1.807, 2.05) is 31.2 Å². The van der Waals surface area contributed by atoms with Gasteiger partial charge in [0.15, 0.2) is 5.78 Å². The van der Waals surface area contributed by atoms with Crippen molar-refractivity contribution in [3.8, 4) is 17.2 Å². The van der Waals surface area contributed by atoms with Crippen molar-refractivity contribution in [1.29, 1.82) is 0 Å². The van der Waals surface area contributed by atoms with Crippen molar-refractivity contribution in [1.82, 2.24) is 0 Å². The number of hydrogen-bond donors (Lipinski definition) is 2. The normalized spacial score (nSPS) is 17.4. The summed E-state index contributed by atoms with van der Waals surface area (Å²) < 4.78 is 5.79. The number of Topliss-reactive ketones (excluding diaryl/α,β-unsaturated/α-hetero) is 1. The van der Waals surface area contributed by atoms with Crippen LogP contribution in [-0.2, 0) is 0 Å². The van der Waals surface area contributed by atoms with Crippen molar-refractivity contribution in [2.75, 3.05) is 0 Å². The molecule has 1 atom stereocenters. The van der Waals surface area contributed by atoms with E-state index in [-0.39, 0.29) is 35.0 Å². The molecule has 2 N–H and O–H groups in total. The summed E-state index contributed by atoms with van der Waals surface area (Å²) in [5.41, 5.74) is 2.13. The number of carbonyl (C=O) groups excluding carboxylic acids is 1. The Labute approximate surface area is 116 Å². The van der Waals surface area contributed by atoms with Crippen LogP contribution in [0.5, 0.6) is 17.2 Å². The van der Waals surface area contributed by atoms with E-state index in [1.165, 1.54) is 6.07 Å². The summed E-state index contributed by atoms with van der Waals surface area (Å²) in [5.74, 6) is -0.322. The molecule has 1 aliphatic heterocycles. The van der Waals surface area contributed by atoms with Gasteiger partial charge in [-0.1, -0.05) is 24.3 Å². The highest BCUT2D eigenvalue weighted by atomic mass is 16.5. The standard InChI is InChI=1S/C16H14O4/c1-9-4-2-3-5-11(9)14-8-13(19)16-12(18)6-10(17)7-15(16)20-14/h2-7,14,17-18H,8H2,1H3. The Morgan fingerprint density at radius 1 is 1.20 bits per heavy atom. The van der Waals surface area contributed by atoms with E-state index in [4.69, 9.17) is 4.74 Å². The molecule has 0 radical (unpaired) electrons. The Morgan fingerprint density at radius 2 is 1.95 bits per heavy atom. The highest BCUT2D eigenvalue weighted by molar-refractivity contribution is 6.02. The minimum absolute atomic E-state index is 0.125. The van der Waals surface area contributed by atoms with Gasteiger partial charge in [0.1, 0.15) is 28.9 Å². The van der Waals surface area contributed by atoms with Gasteiger partial charge in [-0.25, -0.2) is 0 Å². The van der Waals surface area contributed by atoms with E-state index in [0.717, 1.165) is 17.2 Å².